The number of halogens is 1. The molecule has 1 aromatic carbocycles. The van der Waals surface area contributed by atoms with Gasteiger partial charge in [0.05, 0.1) is 0 Å². The van der Waals surface area contributed by atoms with Gasteiger partial charge in [0.15, 0.2) is 0 Å². The fraction of sp³-hybridized carbons (Fsp3) is 0.455. The van der Waals surface area contributed by atoms with Gasteiger partial charge in [-0.1, -0.05) is 41.1 Å². The van der Waals surface area contributed by atoms with E-state index in [9.17, 15) is 0 Å². The van der Waals surface area contributed by atoms with Gasteiger partial charge in [0.2, 0.25) is 0 Å². The van der Waals surface area contributed by atoms with Gasteiger partial charge >= 0.3 is 0 Å². The van der Waals surface area contributed by atoms with E-state index >= 15 is 0 Å². The van der Waals surface area contributed by atoms with E-state index in [1.165, 1.54) is 10.0 Å². The van der Waals surface area contributed by atoms with Crippen LogP contribution in [-0.4, -0.2) is 5.54 Å². The molecule has 0 aliphatic heterocycles. The smallest absolute Gasteiger partial charge is 0.0228 e. The van der Waals surface area contributed by atoms with Gasteiger partial charge in [-0.25, -0.2) is 0 Å². The minimum absolute atomic E-state index is 0.0733. The third-order valence-corrected chi connectivity index (χ3v) is 3.78. The van der Waals surface area contributed by atoms with Crippen LogP contribution in [0.2, 0.25) is 0 Å². The summed E-state index contributed by atoms with van der Waals surface area (Å²) in [6.07, 6.45) is 2.20. The van der Waals surface area contributed by atoms with E-state index in [1.807, 2.05) is 6.07 Å². The molecule has 13 heavy (non-hydrogen) atoms. The second-order valence-electron chi connectivity index (χ2n) is 3.86. The molecule has 1 fully saturated rings. The van der Waals surface area contributed by atoms with E-state index < -0.39 is 0 Å². The summed E-state index contributed by atoms with van der Waals surface area (Å²) in [5, 5.41) is 0. The number of hydrogen-bond donors (Lipinski definition) is 1. The molecule has 1 aliphatic rings. The molecule has 0 bridgehead atoms. The van der Waals surface area contributed by atoms with Crippen molar-refractivity contribution < 1.29 is 0 Å². The van der Waals surface area contributed by atoms with Gasteiger partial charge in [0.25, 0.3) is 0 Å². The van der Waals surface area contributed by atoms with Crippen molar-refractivity contribution in [3.05, 3.63) is 34.3 Å². The average molecular weight is 240 g/mol. The van der Waals surface area contributed by atoms with Gasteiger partial charge in [-0.3, -0.25) is 0 Å². The van der Waals surface area contributed by atoms with Crippen LogP contribution >= 0.6 is 15.9 Å². The highest BCUT2D eigenvalue weighted by molar-refractivity contribution is 9.10. The fourth-order valence-electron chi connectivity index (χ4n) is 1.89. The SMILES string of the molecule is CC[C@@]1(N)C[C@@H]1c1ccccc1Br. The van der Waals surface area contributed by atoms with E-state index in [1.54, 1.807) is 0 Å². The van der Waals surface area contributed by atoms with Crippen molar-refractivity contribution in [3.8, 4) is 0 Å². The summed E-state index contributed by atoms with van der Waals surface area (Å²) in [6, 6.07) is 8.37. The largest absolute Gasteiger partial charge is 0.325 e. The molecule has 0 unspecified atom stereocenters. The standard InChI is InChI=1S/C11H14BrN/c1-2-11(13)7-9(11)8-5-3-4-6-10(8)12/h3-6,9H,2,7,13H2,1H3/t9-,11-/m1/s1. The molecule has 2 atom stereocenters. The fourth-order valence-corrected chi connectivity index (χ4v) is 2.45. The Bertz CT molecular complexity index is 324. The van der Waals surface area contributed by atoms with Crippen LogP contribution in [0.4, 0.5) is 0 Å². The van der Waals surface area contributed by atoms with Crippen molar-refractivity contribution in [1.82, 2.24) is 0 Å². The second kappa shape index (κ2) is 3.10. The Morgan fingerprint density at radius 1 is 1.54 bits per heavy atom. The molecule has 2 N–H and O–H groups in total. The van der Waals surface area contributed by atoms with Crippen LogP contribution in [0.3, 0.4) is 0 Å². The first-order valence-electron chi connectivity index (χ1n) is 4.70. The van der Waals surface area contributed by atoms with Crippen LogP contribution in [0.15, 0.2) is 28.7 Å². The Balaban J connectivity index is 2.25. The molecule has 70 valence electrons. The summed E-state index contributed by atoms with van der Waals surface area (Å²) in [7, 11) is 0. The molecule has 2 rings (SSSR count). The summed E-state index contributed by atoms with van der Waals surface area (Å²) < 4.78 is 1.20. The summed E-state index contributed by atoms with van der Waals surface area (Å²) in [5.74, 6) is 0.563. The summed E-state index contributed by atoms with van der Waals surface area (Å²) >= 11 is 3.56. The lowest BCUT2D eigenvalue weighted by atomic mass is 10.1. The third kappa shape index (κ3) is 1.53. The Morgan fingerprint density at radius 2 is 2.23 bits per heavy atom. The van der Waals surface area contributed by atoms with Gasteiger partial charge in [-0.05, 0) is 24.5 Å². The maximum atomic E-state index is 6.17. The van der Waals surface area contributed by atoms with Crippen LogP contribution in [0.1, 0.15) is 31.2 Å². The Morgan fingerprint density at radius 3 is 2.77 bits per heavy atom. The zero-order valence-electron chi connectivity index (χ0n) is 7.76. The first-order valence-corrected chi connectivity index (χ1v) is 5.50. The molecule has 0 aromatic heterocycles. The van der Waals surface area contributed by atoms with E-state index in [2.05, 4.69) is 41.1 Å². The molecular formula is C11H14BrN. The second-order valence-corrected chi connectivity index (χ2v) is 4.72. The van der Waals surface area contributed by atoms with Crippen molar-refractivity contribution >= 4 is 15.9 Å². The molecule has 0 amide bonds. The van der Waals surface area contributed by atoms with Gasteiger partial charge in [-0.2, -0.15) is 0 Å². The molecule has 0 spiro atoms. The van der Waals surface area contributed by atoms with Crippen molar-refractivity contribution in [3.63, 3.8) is 0 Å². The minimum atomic E-state index is 0.0733. The predicted octanol–water partition coefficient (Wildman–Crippen LogP) is 3.04. The van der Waals surface area contributed by atoms with Gasteiger partial charge < -0.3 is 5.73 Å². The molecule has 1 aliphatic carbocycles. The summed E-state index contributed by atoms with van der Waals surface area (Å²) in [6.45, 7) is 2.16. The Labute approximate surface area is 87.5 Å². The van der Waals surface area contributed by atoms with E-state index in [0.29, 0.717) is 5.92 Å². The maximum absolute atomic E-state index is 6.17. The van der Waals surface area contributed by atoms with Crippen LogP contribution in [0.25, 0.3) is 0 Å². The van der Waals surface area contributed by atoms with Crippen LogP contribution in [0.5, 0.6) is 0 Å². The summed E-state index contributed by atoms with van der Waals surface area (Å²) in [4.78, 5) is 0. The topological polar surface area (TPSA) is 26.0 Å². The first kappa shape index (κ1) is 9.22. The van der Waals surface area contributed by atoms with Crippen molar-refractivity contribution in [2.24, 2.45) is 5.73 Å². The quantitative estimate of drug-likeness (QED) is 0.844. The lowest BCUT2D eigenvalue weighted by molar-refractivity contribution is 0.625. The highest BCUT2D eigenvalue weighted by atomic mass is 79.9. The lowest BCUT2D eigenvalue weighted by Gasteiger charge is -2.08. The van der Waals surface area contributed by atoms with Gasteiger partial charge in [0, 0.05) is 15.9 Å². The van der Waals surface area contributed by atoms with E-state index in [4.69, 9.17) is 5.73 Å². The number of benzene rings is 1. The molecule has 2 heteroatoms. The van der Waals surface area contributed by atoms with Crippen molar-refractivity contribution in [1.29, 1.82) is 0 Å². The molecule has 1 aromatic rings. The summed E-state index contributed by atoms with van der Waals surface area (Å²) in [5.41, 5.74) is 7.61. The van der Waals surface area contributed by atoms with Crippen LogP contribution < -0.4 is 5.73 Å². The number of hydrogen-bond acceptors (Lipinski definition) is 1. The molecule has 0 heterocycles. The zero-order valence-corrected chi connectivity index (χ0v) is 9.34. The van der Waals surface area contributed by atoms with Crippen LogP contribution in [0, 0.1) is 0 Å². The molecule has 1 nitrogen and oxygen atoms in total. The maximum Gasteiger partial charge on any atom is 0.0228 e. The van der Waals surface area contributed by atoms with Crippen LogP contribution in [-0.2, 0) is 0 Å². The molecule has 0 radical (unpaired) electrons. The molecular weight excluding hydrogens is 226 g/mol. The van der Waals surface area contributed by atoms with Crippen molar-refractivity contribution in [2.75, 3.05) is 0 Å². The first-order chi connectivity index (χ1) is 6.17. The highest BCUT2D eigenvalue weighted by Crippen LogP contribution is 2.52. The minimum Gasteiger partial charge on any atom is -0.325 e. The molecule has 1 saturated carbocycles. The highest BCUT2D eigenvalue weighted by Gasteiger charge is 2.50. The van der Waals surface area contributed by atoms with E-state index in [0.717, 1.165) is 12.8 Å². The van der Waals surface area contributed by atoms with Gasteiger partial charge in [-0.15, -0.1) is 0 Å². The number of nitrogens with two attached hydrogens (primary N) is 1. The normalized spacial score (nSPS) is 31.8. The predicted molar refractivity (Wildman–Crippen MR) is 58.7 cm³/mol. The third-order valence-electron chi connectivity index (χ3n) is 3.06. The Hall–Kier alpha value is -0.340. The lowest BCUT2D eigenvalue weighted by Crippen LogP contribution is -2.22. The average Bonchev–Trinajstić information content (AvgIpc) is 2.80. The molecule has 0 saturated heterocycles. The van der Waals surface area contributed by atoms with E-state index in [-0.39, 0.29) is 5.54 Å². The van der Waals surface area contributed by atoms with Crippen molar-refractivity contribution in [2.45, 2.75) is 31.2 Å². The zero-order chi connectivity index (χ0) is 9.47. The van der Waals surface area contributed by atoms with Gasteiger partial charge in [0.1, 0.15) is 0 Å². The monoisotopic (exact) mass is 239 g/mol. The number of rotatable bonds is 2. The Kier molecular flexibility index (Phi) is 2.20.